The zero-order chi connectivity index (χ0) is 11.9. The molecule has 1 fully saturated rings. The second kappa shape index (κ2) is 6.80. The summed E-state index contributed by atoms with van der Waals surface area (Å²) in [6, 6.07) is 10.1. The van der Waals surface area contributed by atoms with Crippen LogP contribution in [0.15, 0.2) is 35.5 Å². The van der Waals surface area contributed by atoms with E-state index in [0.717, 1.165) is 10.2 Å². The lowest BCUT2D eigenvalue weighted by Gasteiger charge is -2.19. The number of rotatable bonds is 4. The van der Waals surface area contributed by atoms with Gasteiger partial charge in [-0.1, -0.05) is 54.8 Å². The molecule has 0 aromatic heterocycles. The van der Waals surface area contributed by atoms with Crippen molar-refractivity contribution in [2.24, 2.45) is 11.1 Å². The third kappa shape index (κ3) is 4.15. The maximum atomic E-state index is 5.38. The van der Waals surface area contributed by atoms with Gasteiger partial charge in [-0.05, 0) is 34.3 Å². The van der Waals surface area contributed by atoms with Gasteiger partial charge in [0.1, 0.15) is 11.2 Å². The van der Waals surface area contributed by atoms with Gasteiger partial charge in [0.2, 0.25) is 0 Å². The Kier molecular flexibility index (Phi) is 5.05. The van der Waals surface area contributed by atoms with Crippen LogP contribution in [-0.2, 0) is 11.4 Å². The number of hydrogen-bond acceptors (Lipinski definition) is 2. The van der Waals surface area contributed by atoms with Crippen LogP contribution in [0.25, 0.3) is 0 Å². The first kappa shape index (κ1) is 12.6. The van der Waals surface area contributed by atoms with Gasteiger partial charge in [-0.25, -0.2) is 0 Å². The molecule has 0 aliphatic heterocycles. The molecule has 2 rings (SSSR count). The average Bonchev–Trinajstić information content (AvgIpc) is 2.41. The number of halogens is 1. The Morgan fingerprint density at radius 1 is 1.18 bits per heavy atom. The van der Waals surface area contributed by atoms with E-state index >= 15 is 0 Å². The highest BCUT2D eigenvalue weighted by Gasteiger charge is 2.17. The molecule has 0 unspecified atom stereocenters. The van der Waals surface area contributed by atoms with Crippen molar-refractivity contribution in [3.05, 3.63) is 35.9 Å². The highest BCUT2D eigenvalue weighted by atomic mass is 79.9. The number of benzene rings is 1. The van der Waals surface area contributed by atoms with Gasteiger partial charge in [-0.15, -0.1) is 0 Å². The standard InChI is InChI=1S/C14H18BrNO/c15-14(13-9-5-2-6-10-13)16-17-11-12-7-3-1-4-8-12/h1,3-4,7-8,13H,2,5-6,9-11H2/b16-14-. The first-order valence-corrected chi connectivity index (χ1v) is 7.05. The fourth-order valence-electron chi connectivity index (χ4n) is 2.16. The highest BCUT2D eigenvalue weighted by molar-refractivity contribution is 9.18. The van der Waals surface area contributed by atoms with Crippen LogP contribution in [0.1, 0.15) is 37.7 Å². The molecule has 1 aliphatic rings. The summed E-state index contributed by atoms with van der Waals surface area (Å²) in [5.74, 6) is 0.569. The summed E-state index contributed by atoms with van der Waals surface area (Å²) in [6.07, 6.45) is 6.46. The Morgan fingerprint density at radius 2 is 1.88 bits per heavy atom. The molecule has 0 radical (unpaired) electrons. The second-order valence-corrected chi connectivity index (χ2v) is 5.32. The summed E-state index contributed by atoms with van der Waals surface area (Å²) >= 11 is 3.54. The van der Waals surface area contributed by atoms with Gasteiger partial charge in [-0.3, -0.25) is 0 Å². The molecule has 0 spiro atoms. The van der Waals surface area contributed by atoms with E-state index in [-0.39, 0.29) is 0 Å². The molecule has 92 valence electrons. The zero-order valence-corrected chi connectivity index (χ0v) is 11.5. The van der Waals surface area contributed by atoms with Crippen LogP contribution in [-0.4, -0.2) is 4.62 Å². The third-order valence-corrected chi connectivity index (χ3v) is 3.96. The highest BCUT2D eigenvalue weighted by Crippen LogP contribution is 2.27. The molecule has 2 nitrogen and oxygen atoms in total. The summed E-state index contributed by atoms with van der Waals surface area (Å²) in [5, 5.41) is 4.18. The maximum Gasteiger partial charge on any atom is 0.142 e. The van der Waals surface area contributed by atoms with Gasteiger partial charge in [-0.2, -0.15) is 0 Å². The maximum absolute atomic E-state index is 5.38. The minimum absolute atomic E-state index is 0.544. The van der Waals surface area contributed by atoms with E-state index in [1.54, 1.807) is 0 Å². The van der Waals surface area contributed by atoms with Crippen LogP contribution in [0.2, 0.25) is 0 Å². The van der Waals surface area contributed by atoms with Crippen molar-refractivity contribution in [3.8, 4) is 0 Å². The first-order chi connectivity index (χ1) is 8.36. The minimum atomic E-state index is 0.544. The van der Waals surface area contributed by atoms with Crippen LogP contribution in [0.4, 0.5) is 0 Å². The Hall–Kier alpha value is -0.830. The van der Waals surface area contributed by atoms with E-state index in [4.69, 9.17) is 4.84 Å². The van der Waals surface area contributed by atoms with Crippen molar-refractivity contribution in [1.29, 1.82) is 0 Å². The van der Waals surface area contributed by atoms with Crippen molar-refractivity contribution >= 4 is 20.6 Å². The predicted molar refractivity (Wildman–Crippen MR) is 74.2 cm³/mol. The van der Waals surface area contributed by atoms with Gasteiger partial charge >= 0.3 is 0 Å². The van der Waals surface area contributed by atoms with Crippen molar-refractivity contribution in [3.63, 3.8) is 0 Å². The molecule has 3 heteroatoms. The molecular weight excluding hydrogens is 278 g/mol. The zero-order valence-electron chi connectivity index (χ0n) is 9.94. The molecule has 1 aromatic rings. The van der Waals surface area contributed by atoms with Gasteiger partial charge in [0.25, 0.3) is 0 Å². The Morgan fingerprint density at radius 3 is 2.59 bits per heavy atom. The quantitative estimate of drug-likeness (QED) is 0.592. The second-order valence-electron chi connectivity index (χ2n) is 4.51. The van der Waals surface area contributed by atoms with Crippen LogP contribution < -0.4 is 0 Å². The summed E-state index contributed by atoms with van der Waals surface area (Å²) in [4.78, 5) is 5.38. The van der Waals surface area contributed by atoms with E-state index in [9.17, 15) is 0 Å². The Balaban J connectivity index is 1.79. The van der Waals surface area contributed by atoms with Crippen molar-refractivity contribution in [1.82, 2.24) is 0 Å². The summed E-state index contributed by atoms with van der Waals surface area (Å²) < 4.78 is 0.980. The van der Waals surface area contributed by atoms with Gasteiger partial charge in [0, 0.05) is 5.92 Å². The molecule has 0 atom stereocenters. The van der Waals surface area contributed by atoms with E-state index in [2.05, 4.69) is 21.1 Å². The first-order valence-electron chi connectivity index (χ1n) is 6.25. The molecule has 0 saturated heterocycles. The summed E-state index contributed by atoms with van der Waals surface area (Å²) in [7, 11) is 0. The van der Waals surface area contributed by atoms with Crippen molar-refractivity contribution in [2.45, 2.75) is 38.7 Å². The average molecular weight is 296 g/mol. The van der Waals surface area contributed by atoms with E-state index < -0.39 is 0 Å². The smallest absolute Gasteiger partial charge is 0.142 e. The van der Waals surface area contributed by atoms with Gasteiger partial charge in [0.05, 0.1) is 0 Å². The Bertz CT molecular complexity index is 358. The normalized spacial score (nSPS) is 18.1. The van der Waals surface area contributed by atoms with Crippen molar-refractivity contribution in [2.75, 3.05) is 0 Å². The van der Waals surface area contributed by atoms with Gasteiger partial charge in [0.15, 0.2) is 0 Å². The monoisotopic (exact) mass is 295 g/mol. The Labute approximate surface area is 111 Å². The van der Waals surface area contributed by atoms with E-state index in [0.29, 0.717) is 12.5 Å². The van der Waals surface area contributed by atoms with Crippen molar-refractivity contribution < 1.29 is 4.84 Å². The lowest BCUT2D eigenvalue weighted by molar-refractivity contribution is 0.129. The number of oxime groups is 1. The fourth-order valence-corrected chi connectivity index (χ4v) is 2.72. The number of hydrogen-bond donors (Lipinski definition) is 0. The molecule has 1 aliphatic carbocycles. The molecule has 0 heterocycles. The van der Waals surface area contributed by atoms with Crippen LogP contribution in [0.5, 0.6) is 0 Å². The molecule has 0 amide bonds. The summed E-state index contributed by atoms with van der Waals surface area (Å²) in [6.45, 7) is 0.544. The molecule has 1 aromatic carbocycles. The molecule has 0 N–H and O–H groups in total. The molecule has 17 heavy (non-hydrogen) atoms. The fraction of sp³-hybridized carbons (Fsp3) is 0.500. The predicted octanol–water partition coefficient (Wildman–Crippen LogP) is 4.49. The largest absolute Gasteiger partial charge is 0.390 e. The summed E-state index contributed by atoms with van der Waals surface area (Å²) in [5.41, 5.74) is 1.15. The van der Waals surface area contributed by atoms with E-state index in [1.165, 1.54) is 32.1 Å². The lowest BCUT2D eigenvalue weighted by Crippen LogP contribution is -2.13. The molecule has 0 bridgehead atoms. The van der Waals surface area contributed by atoms with E-state index in [1.807, 2.05) is 30.3 Å². The van der Waals surface area contributed by atoms with Gasteiger partial charge < -0.3 is 4.84 Å². The SMILES string of the molecule is Br/C(=N\OCc1ccccc1)C1CCCCC1. The van der Waals surface area contributed by atoms with Crippen LogP contribution >= 0.6 is 15.9 Å². The minimum Gasteiger partial charge on any atom is -0.390 e. The van der Waals surface area contributed by atoms with Crippen LogP contribution in [0.3, 0.4) is 0 Å². The topological polar surface area (TPSA) is 21.6 Å². The molecule has 1 saturated carbocycles. The molecular formula is C14H18BrNO. The number of nitrogens with zero attached hydrogens (tertiary/aromatic N) is 1. The third-order valence-electron chi connectivity index (χ3n) is 3.17. The lowest BCUT2D eigenvalue weighted by atomic mass is 9.90. The van der Waals surface area contributed by atoms with Crippen LogP contribution in [0, 0.1) is 5.92 Å².